The SMILES string of the molecule is C[C@@H](CO)NC(=O)c1cc(Br)ccc1F. The number of benzene rings is 1. The zero-order chi connectivity index (χ0) is 11.4. The highest BCUT2D eigenvalue weighted by Gasteiger charge is 2.13. The van der Waals surface area contributed by atoms with Crippen molar-refractivity contribution >= 4 is 21.8 Å². The molecule has 2 N–H and O–H groups in total. The zero-order valence-electron chi connectivity index (χ0n) is 8.13. The molecule has 1 aromatic rings. The summed E-state index contributed by atoms with van der Waals surface area (Å²) in [5, 5.41) is 11.2. The molecule has 1 atom stereocenters. The van der Waals surface area contributed by atoms with Gasteiger partial charge in [-0.15, -0.1) is 0 Å². The van der Waals surface area contributed by atoms with Crippen molar-refractivity contribution in [3.8, 4) is 0 Å². The Labute approximate surface area is 95.4 Å². The van der Waals surface area contributed by atoms with E-state index in [1.165, 1.54) is 18.2 Å². The maximum atomic E-state index is 13.2. The van der Waals surface area contributed by atoms with Crippen LogP contribution in [0.2, 0.25) is 0 Å². The third kappa shape index (κ3) is 3.28. The van der Waals surface area contributed by atoms with E-state index in [-0.39, 0.29) is 12.2 Å². The molecule has 0 aromatic heterocycles. The van der Waals surface area contributed by atoms with Gasteiger partial charge in [-0.1, -0.05) is 15.9 Å². The molecule has 0 heterocycles. The van der Waals surface area contributed by atoms with Gasteiger partial charge in [0.2, 0.25) is 0 Å². The minimum Gasteiger partial charge on any atom is -0.394 e. The number of carbonyl (C=O) groups is 1. The molecule has 0 aliphatic rings. The van der Waals surface area contributed by atoms with Gasteiger partial charge in [-0.25, -0.2) is 4.39 Å². The summed E-state index contributed by atoms with van der Waals surface area (Å²) in [5.41, 5.74) is -0.0373. The van der Waals surface area contributed by atoms with E-state index in [4.69, 9.17) is 5.11 Å². The average molecular weight is 276 g/mol. The molecule has 0 bridgehead atoms. The Balaban J connectivity index is 2.86. The standard InChI is InChI=1S/C10H11BrFNO2/c1-6(5-14)13-10(15)8-4-7(11)2-3-9(8)12/h2-4,6,14H,5H2,1H3,(H,13,15)/t6-/m0/s1. The first-order chi connectivity index (χ1) is 7.04. The van der Waals surface area contributed by atoms with Crippen LogP contribution in [0, 0.1) is 5.82 Å². The van der Waals surface area contributed by atoms with Gasteiger partial charge in [0.25, 0.3) is 5.91 Å². The molecule has 15 heavy (non-hydrogen) atoms. The summed E-state index contributed by atoms with van der Waals surface area (Å²) in [6, 6.07) is 3.73. The maximum absolute atomic E-state index is 13.2. The monoisotopic (exact) mass is 275 g/mol. The fraction of sp³-hybridized carbons (Fsp3) is 0.300. The Morgan fingerprint density at radius 1 is 1.67 bits per heavy atom. The van der Waals surface area contributed by atoms with Crippen LogP contribution < -0.4 is 5.32 Å². The van der Waals surface area contributed by atoms with Gasteiger partial charge in [0.15, 0.2) is 0 Å². The lowest BCUT2D eigenvalue weighted by Gasteiger charge is -2.11. The van der Waals surface area contributed by atoms with E-state index in [1.807, 2.05) is 0 Å². The molecule has 5 heteroatoms. The molecule has 1 amide bonds. The number of halogens is 2. The Morgan fingerprint density at radius 2 is 2.33 bits per heavy atom. The highest BCUT2D eigenvalue weighted by molar-refractivity contribution is 9.10. The van der Waals surface area contributed by atoms with Gasteiger partial charge in [0.05, 0.1) is 12.2 Å². The van der Waals surface area contributed by atoms with Gasteiger partial charge < -0.3 is 10.4 Å². The second-order valence-electron chi connectivity index (χ2n) is 3.18. The van der Waals surface area contributed by atoms with E-state index >= 15 is 0 Å². The molecule has 0 unspecified atom stereocenters. The van der Waals surface area contributed by atoms with Crippen molar-refractivity contribution in [3.63, 3.8) is 0 Å². The van der Waals surface area contributed by atoms with Crippen LogP contribution in [0.25, 0.3) is 0 Å². The van der Waals surface area contributed by atoms with E-state index in [0.29, 0.717) is 4.47 Å². The summed E-state index contributed by atoms with van der Waals surface area (Å²) in [4.78, 5) is 11.5. The third-order valence-electron chi connectivity index (χ3n) is 1.82. The molecule has 0 radical (unpaired) electrons. The number of aliphatic hydroxyl groups is 1. The van der Waals surface area contributed by atoms with Crippen LogP contribution in [-0.2, 0) is 0 Å². The third-order valence-corrected chi connectivity index (χ3v) is 2.32. The molecule has 1 rings (SSSR count). The Hall–Kier alpha value is -0.940. The number of hydrogen-bond acceptors (Lipinski definition) is 2. The van der Waals surface area contributed by atoms with Gasteiger partial charge >= 0.3 is 0 Å². The molecule has 82 valence electrons. The minimum absolute atomic E-state index is 0.0373. The topological polar surface area (TPSA) is 49.3 Å². The van der Waals surface area contributed by atoms with Crippen LogP contribution in [0.4, 0.5) is 4.39 Å². The van der Waals surface area contributed by atoms with Crippen LogP contribution >= 0.6 is 15.9 Å². The van der Waals surface area contributed by atoms with Crippen LogP contribution in [0.1, 0.15) is 17.3 Å². The fourth-order valence-corrected chi connectivity index (χ4v) is 1.38. The molecule has 0 saturated heterocycles. The van der Waals surface area contributed by atoms with E-state index in [1.54, 1.807) is 6.92 Å². The predicted octanol–water partition coefficient (Wildman–Crippen LogP) is 1.70. The Morgan fingerprint density at radius 3 is 2.93 bits per heavy atom. The molecule has 1 aromatic carbocycles. The number of amides is 1. The smallest absolute Gasteiger partial charge is 0.254 e. The van der Waals surface area contributed by atoms with Gasteiger partial charge in [-0.3, -0.25) is 4.79 Å². The van der Waals surface area contributed by atoms with Crippen molar-refractivity contribution in [3.05, 3.63) is 34.1 Å². The molecule has 3 nitrogen and oxygen atoms in total. The first-order valence-electron chi connectivity index (χ1n) is 4.41. The largest absolute Gasteiger partial charge is 0.394 e. The average Bonchev–Trinajstić information content (AvgIpc) is 2.21. The predicted molar refractivity (Wildman–Crippen MR) is 58.1 cm³/mol. The lowest BCUT2D eigenvalue weighted by molar-refractivity contribution is 0.0918. The maximum Gasteiger partial charge on any atom is 0.254 e. The lowest BCUT2D eigenvalue weighted by atomic mass is 10.2. The molecule has 0 aliphatic carbocycles. The molecule has 0 aliphatic heterocycles. The summed E-state index contributed by atoms with van der Waals surface area (Å²) in [6.07, 6.45) is 0. The van der Waals surface area contributed by atoms with Crippen molar-refractivity contribution in [1.29, 1.82) is 0 Å². The van der Waals surface area contributed by atoms with Crippen LogP contribution in [0.15, 0.2) is 22.7 Å². The minimum atomic E-state index is -0.583. The zero-order valence-corrected chi connectivity index (χ0v) is 9.71. The van der Waals surface area contributed by atoms with Crippen molar-refractivity contribution in [2.45, 2.75) is 13.0 Å². The summed E-state index contributed by atoms with van der Waals surface area (Å²) >= 11 is 3.15. The van der Waals surface area contributed by atoms with E-state index in [0.717, 1.165) is 0 Å². The second-order valence-corrected chi connectivity index (χ2v) is 4.10. The van der Waals surface area contributed by atoms with Crippen LogP contribution in [0.5, 0.6) is 0 Å². The molecular weight excluding hydrogens is 265 g/mol. The first kappa shape index (κ1) is 12.1. The van der Waals surface area contributed by atoms with Crippen molar-refractivity contribution in [2.24, 2.45) is 0 Å². The number of aliphatic hydroxyl groups excluding tert-OH is 1. The second kappa shape index (κ2) is 5.23. The normalized spacial score (nSPS) is 12.3. The summed E-state index contributed by atoms with van der Waals surface area (Å²) in [5.74, 6) is -1.11. The van der Waals surface area contributed by atoms with Crippen molar-refractivity contribution in [1.82, 2.24) is 5.32 Å². The summed E-state index contributed by atoms with van der Waals surface area (Å²) in [6.45, 7) is 1.45. The number of hydrogen-bond donors (Lipinski definition) is 2. The van der Waals surface area contributed by atoms with Gasteiger partial charge in [0.1, 0.15) is 5.82 Å². The number of nitrogens with one attached hydrogen (secondary N) is 1. The van der Waals surface area contributed by atoms with E-state index in [9.17, 15) is 9.18 Å². The van der Waals surface area contributed by atoms with Crippen molar-refractivity contribution < 1.29 is 14.3 Å². The fourth-order valence-electron chi connectivity index (χ4n) is 1.02. The highest BCUT2D eigenvalue weighted by atomic mass is 79.9. The Kier molecular flexibility index (Phi) is 4.23. The van der Waals surface area contributed by atoms with Gasteiger partial charge in [-0.2, -0.15) is 0 Å². The number of carbonyl (C=O) groups excluding carboxylic acids is 1. The quantitative estimate of drug-likeness (QED) is 0.882. The first-order valence-corrected chi connectivity index (χ1v) is 5.20. The molecular formula is C10H11BrFNO2. The number of rotatable bonds is 3. The highest BCUT2D eigenvalue weighted by Crippen LogP contribution is 2.15. The van der Waals surface area contributed by atoms with Crippen LogP contribution in [0.3, 0.4) is 0 Å². The molecule has 0 fully saturated rings. The molecule has 0 spiro atoms. The van der Waals surface area contributed by atoms with Crippen LogP contribution in [-0.4, -0.2) is 23.7 Å². The lowest BCUT2D eigenvalue weighted by Crippen LogP contribution is -2.35. The summed E-state index contributed by atoms with van der Waals surface area (Å²) < 4.78 is 13.9. The van der Waals surface area contributed by atoms with Gasteiger partial charge in [0, 0.05) is 10.5 Å². The van der Waals surface area contributed by atoms with Crippen molar-refractivity contribution in [2.75, 3.05) is 6.61 Å². The van der Waals surface area contributed by atoms with E-state index in [2.05, 4.69) is 21.2 Å². The Bertz CT molecular complexity index is 370. The summed E-state index contributed by atoms with van der Waals surface area (Å²) in [7, 11) is 0. The molecule has 0 saturated carbocycles. The van der Waals surface area contributed by atoms with E-state index < -0.39 is 17.8 Å². The van der Waals surface area contributed by atoms with Gasteiger partial charge in [-0.05, 0) is 25.1 Å².